The lowest BCUT2D eigenvalue weighted by Gasteiger charge is -2.22. The van der Waals surface area contributed by atoms with Crippen LogP contribution in [0.25, 0.3) is 0 Å². The Kier molecular flexibility index (Phi) is 6.90. The molecule has 2 aromatic rings. The molecule has 1 amide bonds. The number of hydrogen-bond donors (Lipinski definition) is 1. The first-order valence-electron chi connectivity index (χ1n) is 8.55. The minimum absolute atomic E-state index is 0.257. The molecule has 1 atom stereocenters. The Hall–Kier alpha value is -3.39. The van der Waals surface area contributed by atoms with Crippen molar-refractivity contribution in [1.82, 2.24) is 25.5 Å². The molecule has 1 heterocycles. The molecule has 1 aromatic heterocycles. The summed E-state index contributed by atoms with van der Waals surface area (Å²) in [5.41, 5.74) is 0.245. The number of carbonyl (C=O) groups is 1. The molecular weight excluding hydrogens is 344 g/mol. The highest BCUT2D eigenvalue weighted by Gasteiger charge is 2.24. The lowest BCUT2D eigenvalue weighted by molar-refractivity contribution is 0.0501. The molecule has 0 aliphatic carbocycles. The van der Waals surface area contributed by atoms with Crippen molar-refractivity contribution in [3.05, 3.63) is 41.7 Å². The number of carbonyl (C=O) groups excluding carboxylic acids is 1. The van der Waals surface area contributed by atoms with Crippen molar-refractivity contribution in [2.24, 2.45) is 0 Å². The van der Waals surface area contributed by atoms with Gasteiger partial charge < -0.3 is 10.1 Å². The van der Waals surface area contributed by atoms with Crippen LogP contribution in [0.15, 0.2) is 30.3 Å². The third kappa shape index (κ3) is 6.79. The van der Waals surface area contributed by atoms with Gasteiger partial charge in [-0.15, -0.1) is 5.10 Å². The van der Waals surface area contributed by atoms with Gasteiger partial charge >= 0.3 is 6.09 Å². The van der Waals surface area contributed by atoms with Crippen LogP contribution in [0.2, 0.25) is 0 Å². The van der Waals surface area contributed by atoms with E-state index in [1.807, 2.05) is 30.3 Å². The highest BCUT2D eigenvalue weighted by Crippen LogP contribution is 2.15. The summed E-state index contributed by atoms with van der Waals surface area (Å²) < 4.78 is 6.82. The van der Waals surface area contributed by atoms with Gasteiger partial charge in [0, 0.05) is 12.0 Å². The standard InChI is InChI=1S/C19H22N6O2/c1-19(2,3)27-18(26)21-16(12-7-11-15-9-5-4-6-10-15)17-22-23-24-25(17)14-8-13-20/h4-6,9-10,16H,8,12,14H2,1-3H3,(H,21,26). The molecule has 0 fully saturated rings. The molecular formula is C19H22N6O2. The molecule has 0 aliphatic heterocycles. The number of ether oxygens (including phenoxy) is 1. The molecule has 0 saturated heterocycles. The fourth-order valence-corrected chi connectivity index (χ4v) is 2.21. The van der Waals surface area contributed by atoms with E-state index in [-0.39, 0.29) is 6.42 Å². The summed E-state index contributed by atoms with van der Waals surface area (Å²) in [7, 11) is 0. The zero-order chi connectivity index (χ0) is 19.7. The summed E-state index contributed by atoms with van der Waals surface area (Å²) in [5, 5.41) is 23.1. The van der Waals surface area contributed by atoms with Gasteiger partial charge in [0.15, 0.2) is 5.82 Å². The first-order valence-corrected chi connectivity index (χ1v) is 8.55. The summed E-state index contributed by atoms with van der Waals surface area (Å²) in [4.78, 5) is 12.2. The van der Waals surface area contributed by atoms with Crippen LogP contribution in [-0.2, 0) is 11.3 Å². The van der Waals surface area contributed by atoms with Crippen molar-refractivity contribution in [1.29, 1.82) is 5.26 Å². The van der Waals surface area contributed by atoms with Crippen molar-refractivity contribution >= 4 is 6.09 Å². The van der Waals surface area contributed by atoms with Crippen LogP contribution in [0.5, 0.6) is 0 Å². The van der Waals surface area contributed by atoms with Gasteiger partial charge in [-0.3, -0.25) is 0 Å². The smallest absolute Gasteiger partial charge is 0.408 e. The molecule has 0 spiro atoms. The first kappa shape index (κ1) is 19.9. The first-order chi connectivity index (χ1) is 12.9. The lowest BCUT2D eigenvalue weighted by atomic mass is 10.1. The quantitative estimate of drug-likeness (QED) is 0.815. The molecule has 1 aromatic carbocycles. The van der Waals surface area contributed by atoms with E-state index >= 15 is 0 Å². The average molecular weight is 366 g/mol. The van der Waals surface area contributed by atoms with Gasteiger partial charge in [-0.1, -0.05) is 30.0 Å². The minimum atomic E-state index is -0.628. The number of aromatic nitrogens is 4. The second kappa shape index (κ2) is 9.35. The van der Waals surface area contributed by atoms with Crippen molar-refractivity contribution in [2.75, 3.05) is 0 Å². The Balaban J connectivity index is 2.18. The monoisotopic (exact) mass is 366 g/mol. The highest BCUT2D eigenvalue weighted by atomic mass is 16.6. The largest absolute Gasteiger partial charge is 0.444 e. The number of nitriles is 1. The molecule has 27 heavy (non-hydrogen) atoms. The minimum Gasteiger partial charge on any atom is -0.444 e. The Labute approximate surface area is 158 Å². The Morgan fingerprint density at radius 3 is 2.74 bits per heavy atom. The molecule has 2 rings (SSSR count). The molecule has 1 unspecified atom stereocenters. The lowest BCUT2D eigenvalue weighted by Crippen LogP contribution is -2.36. The Morgan fingerprint density at radius 1 is 1.33 bits per heavy atom. The zero-order valence-corrected chi connectivity index (χ0v) is 15.6. The van der Waals surface area contributed by atoms with Crippen molar-refractivity contribution in [3.8, 4) is 17.9 Å². The van der Waals surface area contributed by atoms with E-state index in [9.17, 15) is 4.79 Å². The number of nitrogens with zero attached hydrogens (tertiary/aromatic N) is 5. The van der Waals surface area contributed by atoms with E-state index in [2.05, 4.69) is 38.8 Å². The van der Waals surface area contributed by atoms with Gasteiger partial charge in [0.25, 0.3) is 0 Å². The molecule has 140 valence electrons. The van der Waals surface area contributed by atoms with E-state index in [4.69, 9.17) is 10.00 Å². The summed E-state index contributed by atoms with van der Waals surface area (Å²) in [6.07, 6.45) is -0.0302. The number of tetrazole rings is 1. The van der Waals surface area contributed by atoms with Crippen molar-refractivity contribution in [3.63, 3.8) is 0 Å². The van der Waals surface area contributed by atoms with Gasteiger partial charge in [0.2, 0.25) is 0 Å². The predicted octanol–water partition coefficient (Wildman–Crippen LogP) is 2.59. The van der Waals surface area contributed by atoms with E-state index in [0.717, 1.165) is 5.56 Å². The van der Waals surface area contributed by atoms with Crippen LogP contribution in [0, 0.1) is 23.2 Å². The number of amides is 1. The number of alkyl carbamates (subject to hydrolysis) is 1. The van der Waals surface area contributed by atoms with Gasteiger partial charge in [-0.2, -0.15) is 5.26 Å². The predicted molar refractivity (Wildman–Crippen MR) is 98.1 cm³/mol. The average Bonchev–Trinajstić information content (AvgIpc) is 3.07. The fourth-order valence-electron chi connectivity index (χ4n) is 2.21. The number of rotatable bonds is 5. The maximum Gasteiger partial charge on any atom is 0.408 e. The van der Waals surface area contributed by atoms with Gasteiger partial charge in [0.05, 0.1) is 19.0 Å². The van der Waals surface area contributed by atoms with E-state index in [1.54, 1.807) is 20.8 Å². The van der Waals surface area contributed by atoms with Gasteiger partial charge in [-0.25, -0.2) is 9.48 Å². The number of aryl methyl sites for hydroxylation is 1. The maximum absolute atomic E-state index is 12.2. The topological polar surface area (TPSA) is 106 Å². The number of hydrogen-bond acceptors (Lipinski definition) is 6. The van der Waals surface area contributed by atoms with Crippen molar-refractivity contribution in [2.45, 2.75) is 51.8 Å². The fraction of sp³-hybridized carbons (Fsp3) is 0.421. The van der Waals surface area contributed by atoms with Crippen LogP contribution in [-0.4, -0.2) is 31.9 Å². The molecule has 8 heteroatoms. The van der Waals surface area contributed by atoms with Gasteiger partial charge in [0.1, 0.15) is 11.6 Å². The zero-order valence-electron chi connectivity index (χ0n) is 15.6. The van der Waals surface area contributed by atoms with E-state index in [0.29, 0.717) is 18.8 Å². The molecule has 1 N–H and O–H groups in total. The molecule has 0 radical (unpaired) electrons. The number of benzene rings is 1. The number of nitrogens with one attached hydrogen (secondary N) is 1. The van der Waals surface area contributed by atoms with Gasteiger partial charge in [-0.05, 0) is 43.3 Å². The van der Waals surface area contributed by atoms with Crippen molar-refractivity contribution < 1.29 is 9.53 Å². The van der Waals surface area contributed by atoms with Crippen LogP contribution in [0.1, 0.15) is 51.0 Å². The molecule has 8 nitrogen and oxygen atoms in total. The maximum atomic E-state index is 12.2. The molecule has 0 bridgehead atoms. The third-order valence-electron chi connectivity index (χ3n) is 3.31. The van der Waals surface area contributed by atoms with Crippen LogP contribution >= 0.6 is 0 Å². The van der Waals surface area contributed by atoms with E-state index < -0.39 is 17.7 Å². The summed E-state index contributed by atoms with van der Waals surface area (Å²) in [6.45, 7) is 5.69. The van der Waals surface area contributed by atoms with E-state index in [1.165, 1.54) is 4.68 Å². The SMILES string of the molecule is CC(C)(C)OC(=O)NC(CC#Cc1ccccc1)c1nnnn1CCC#N. The second-order valence-corrected chi connectivity index (χ2v) is 6.74. The third-order valence-corrected chi connectivity index (χ3v) is 3.31. The normalized spacial score (nSPS) is 11.6. The summed E-state index contributed by atoms with van der Waals surface area (Å²) in [6, 6.07) is 11.0. The van der Waals surface area contributed by atoms with Crippen LogP contribution < -0.4 is 5.32 Å². The summed E-state index contributed by atoms with van der Waals surface area (Å²) >= 11 is 0. The van der Waals surface area contributed by atoms with Crippen LogP contribution in [0.3, 0.4) is 0 Å². The molecule has 0 aliphatic rings. The highest BCUT2D eigenvalue weighted by molar-refractivity contribution is 5.68. The Morgan fingerprint density at radius 2 is 2.07 bits per heavy atom. The Bertz CT molecular complexity index is 852. The summed E-state index contributed by atoms with van der Waals surface area (Å²) in [5.74, 6) is 6.53. The van der Waals surface area contributed by atoms with Crippen LogP contribution in [0.4, 0.5) is 4.79 Å². The molecule has 0 saturated carbocycles. The second-order valence-electron chi connectivity index (χ2n) is 6.74.